The lowest BCUT2D eigenvalue weighted by molar-refractivity contribution is -0.148. The molecule has 1 heterocycles. The molecule has 2 aromatic rings. The summed E-state index contributed by atoms with van der Waals surface area (Å²) in [7, 11) is 0. The van der Waals surface area contributed by atoms with Crippen LogP contribution in [0.1, 0.15) is 53.9 Å². The number of ether oxygens (including phenoxy) is 1. The van der Waals surface area contributed by atoms with Gasteiger partial charge in [-0.15, -0.1) is 0 Å². The third kappa shape index (κ3) is 4.35. The Balaban J connectivity index is 1.60. The predicted octanol–water partition coefficient (Wildman–Crippen LogP) is 4.64. The Kier molecular flexibility index (Phi) is 5.73. The highest BCUT2D eigenvalue weighted by Crippen LogP contribution is 2.38. The first-order valence-electron chi connectivity index (χ1n) is 9.72. The molecule has 28 heavy (non-hydrogen) atoms. The van der Waals surface area contributed by atoms with Crippen LogP contribution in [0, 0.1) is 27.7 Å². The van der Waals surface area contributed by atoms with E-state index in [9.17, 15) is 9.59 Å². The van der Waals surface area contributed by atoms with Crippen LogP contribution in [0.25, 0.3) is 6.08 Å². The van der Waals surface area contributed by atoms with Crippen LogP contribution in [0.4, 0.5) is 5.69 Å². The number of esters is 1. The van der Waals surface area contributed by atoms with Crippen LogP contribution in [-0.2, 0) is 14.3 Å². The van der Waals surface area contributed by atoms with E-state index in [1.54, 1.807) is 13.0 Å². The van der Waals surface area contributed by atoms with Crippen LogP contribution < -0.4 is 5.32 Å². The summed E-state index contributed by atoms with van der Waals surface area (Å²) in [4.78, 5) is 24.6. The van der Waals surface area contributed by atoms with Gasteiger partial charge in [0, 0.05) is 29.2 Å². The third-order valence-corrected chi connectivity index (χ3v) is 5.23. The number of para-hydroxylation sites is 1. The molecule has 0 unspecified atom stereocenters. The van der Waals surface area contributed by atoms with Gasteiger partial charge in [-0.2, -0.15) is 0 Å². The Bertz CT molecular complexity index is 915. The number of nitrogens with one attached hydrogen (secondary N) is 1. The Morgan fingerprint density at radius 3 is 2.43 bits per heavy atom. The van der Waals surface area contributed by atoms with Crippen LogP contribution in [0.3, 0.4) is 0 Å². The van der Waals surface area contributed by atoms with Gasteiger partial charge >= 0.3 is 5.97 Å². The van der Waals surface area contributed by atoms with Gasteiger partial charge in [0.05, 0.1) is 0 Å². The number of carbonyl (C=O) groups excluding carboxylic acids is 2. The lowest BCUT2D eigenvalue weighted by atomic mass is 10.1. The first-order chi connectivity index (χ1) is 13.3. The summed E-state index contributed by atoms with van der Waals surface area (Å²) in [6.45, 7) is 9.59. The Hall–Kier alpha value is -2.82. The van der Waals surface area contributed by atoms with Crippen molar-refractivity contribution in [2.75, 3.05) is 5.32 Å². The van der Waals surface area contributed by atoms with E-state index in [0.717, 1.165) is 28.1 Å². The van der Waals surface area contributed by atoms with Crippen molar-refractivity contribution in [1.29, 1.82) is 0 Å². The Morgan fingerprint density at radius 2 is 1.82 bits per heavy atom. The van der Waals surface area contributed by atoms with Gasteiger partial charge in [0.15, 0.2) is 6.10 Å². The van der Waals surface area contributed by atoms with Crippen molar-refractivity contribution in [3.8, 4) is 0 Å². The maximum absolute atomic E-state index is 12.4. The minimum absolute atomic E-state index is 0.342. The van der Waals surface area contributed by atoms with Gasteiger partial charge in [0.1, 0.15) is 0 Å². The molecule has 1 atom stereocenters. The zero-order valence-electron chi connectivity index (χ0n) is 17.2. The number of carbonyl (C=O) groups is 2. The summed E-state index contributed by atoms with van der Waals surface area (Å²) in [5.74, 6) is -0.869. The number of hydrogen-bond acceptors (Lipinski definition) is 3. The molecule has 1 amide bonds. The predicted molar refractivity (Wildman–Crippen MR) is 111 cm³/mol. The lowest BCUT2D eigenvalue weighted by Gasteiger charge is -2.15. The Labute approximate surface area is 166 Å². The van der Waals surface area contributed by atoms with E-state index in [2.05, 4.69) is 29.8 Å². The molecular formula is C23H28N2O3. The van der Waals surface area contributed by atoms with Crippen LogP contribution in [0.15, 0.2) is 30.3 Å². The van der Waals surface area contributed by atoms with Crippen molar-refractivity contribution in [3.05, 3.63) is 58.4 Å². The largest absolute Gasteiger partial charge is 0.449 e. The number of aryl methyl sites for hydroxylation is 3. The molecule has 0 radical (unpaired) electrons. The fourth-order valence-electron chi connectivity index (χ4n) is 3.53. The van der Waals surface area contributed by atoms with E-state index in [1.807, 2.05) is 32.0 Å². The highest BCUT2D eigenvalue weighted by atomic mass is 16.5. The zero-order chi connectivity index (χ0) is 20.4. The monoisotopic (exact) mass is 380 g/mol. The molecule has 1 saturated carbocycles. The average molecular weight is 380 g/mol. The number of benzene rings is 1. The minimum atomic E-state index is -0.880. The van der Waals surface area contributed by atoms with Crippen molar-refractivity contribution in [2.24, 2.45) is 0 Å². The first kappa shape index (κ1) is 19.9. The molecule has 1 aromatic heterocycles. The molecule has 5 nitrogen and oxygen atoms in total. The average Bonchev–Trinajstić information content (AvgIpc) is 3.42. The number of nitrogens with zero attached hydrogens (tertiary/aromatic N) is 1. The van der Waals surface area contributed by atoms with E-state index < -0.39 is 12.1 Å². The van der Waals surface area contributed by atoms with E-state index in [4.69, 9.17) is 4.74 Å². The summed E-state index contributed by atoms with van der Waals surface area (Å²) in [5, 5.41) is 2.85. The molecule has 1 N–H and O–H groups in total. The summed E-state index contributed by atoms with van der Waals surface area (Å²) in [6, 6.07) is 8.48. The third-order valence-electron chi connectivity index (χ3n) is 5.23. The standard InChI is InChI=1S/C23H28N2O3/c1-14-7-6-8-15(2)22(14)24-23(27)18(5)28-21(26)12-9-19-13-16(3)25(17(19)4)20-10-11-20/h6-9,12-13,18,20H,10-11H2,1-5H3,(H,24,27)/b12-9+/t18-/m1/s1. The maximum Gasteiger partial charge on any atom is 0.331 e. The fraction of sp³-hybridized carbons (Fsp3) is 0.391. The topological polar surface area (TPSA) is 60.3 Å². The molecule has 148 valence electrons. The first-order valence-corrected chi connectivity index (χ1v) is 9.72. The van der Waals surface area contributed by atoms with Gasteiger partial charge < -0.3 is 14.6 Å². The molecule has 1 fully saturated rings. The summed E-state index contributed by atoms with van der Waals surface area (Å²) in [5.41, 5.74) is 6.07. The van der Waals surface area contributed by atoms with Gasteiger partial charge in [-0.05, 0) is 76.3 Å². The highest BCUT2D eigenvalue weighted by Gasteiger charge is 2.26. The van der Waals surface area contributed by atoms with E-state index in [1.165, 1.54) is 24.6 Å². The van der Waals surface area contributed by atoms with Gasteiger partial charge in [-0.3, -0.25) is 4.79 Å². The fourth-order valence-corrected chi connectivity index (χ4v) is 3.53. The summed E-state index contributed by atoms with van der Waals surface area (Å²) >= 11 is 0. The van der Waals surface area contributed by atoms with Gasteiger partial charge in [-0.1, -0.05) is 18.2 Å². The molecule has 0 spiro atoms. The molecule has 1 aliphatic carbocycles. The van der Waals surface area contributed by atoms with Crippen LogP contribution in [0.5, 0.6) is 0 Å². The number of rotatable bonds is 6. The van der Waals surface area contributed by atoms with Crippen molar-refractivity contribution >= 4 is 23.6 Å². The van der Waals surface area contributed by atoms with Crippen molar-refractivity contribution in [2.45, 2.75) is 59.6 Å². The highest BCUT2D eigenvalue weighted by molar-refractivity contribution is 5.97. The smallest absolute Gasteiger partial charge is 0.331 e. The molecule has 0 aliphatic heterocycles. The van der Waals surface area contributed by atoms with Crippen LogP contribution in [-0.4, -0.2) is 22.5 Å². The molecule has 5 heteroatoms. The van der Waals surface area contributed by atoms with Crippen LogP contribution >= 0.6 is 0 Å². The zero-order valence-corrected chi connectivity index (χ0v) is 17.2. The molecular weight excluding hydrogens is 352 g/mol. The molecule has 1 aromatic carbocycles. The minimum Gasteiger partial charge on any atom is -0.449 e. The Morgan fingerprint density at radius 1 is 1.18 bits per heavy atom. The number of aromatic nitrogens is 1. The van der Waals surface area contributed by atoms with Gasteiger partial charge in [0.2, 0.25) is 0 Å². The second-order valence-corrected chi connectivity index (χ2v) is 7.60. The molecule has 0 saturated heterocycles. The summed E-state index contributed by atoms with van der Waals surface area (Å²) < 4.78 is 7.60. The summed E-state index contributed by atoms with van der Waals surface area (Å²) in [6.07, 6.45) is 4.71. The normalized spacial score (nSPS) is 14.9. The van der Waals surface area contributed by atoms with E-state index in [-0.39, 0.29) is 5.91 Å². The van der Waals surface area contributed by atoms with E-state index >= 15 is 0 Å². The van der Waals surface area contributed by atoms with Crippen molar-refractivity contribution in [1.82, 2.24) is 4.57 Å². The molecule has 3 rings (SSSR count). The van der Waals surface area contributed by atoms with Gasteiger partial charge in [0.25, 0.3) is 5.91 Å². The maximum atomic E-state index is 12.4. The quantitative estimate of drug-likeness (QED) is 0.587. The lowest BCUT2D eigenvalue weighted by Crippen LogP contribution is -2.30. The SMILES string of the molecule is Cc1cccc(C)c1NC(=O)[C@@H](C)OC(=O)/C=C/c1cc(C)n(C2CC2)c1C. The van der Waals surface area contributed by atoms with Crippen LogP contribution in [0.2, 0.25) is 0 Å². The van der Waals surface area contributed by atoms with Gasteiger partial charge in [-0.25, -0.2) is 4.79 Å². The molecule has 1 aliphatic rings. The van der Waals surface area contributed by atoms with E-state index in [0.29, 0.717) is 6.04 Å². The molecule has 0 bridgehead atoms. The number of hydrogen-bond donors (Lipinski definition) is 1. The second kappa shape index (κ2) is 8.05. The number of anilines is 1. The van der Waals surface area contributed by atoms with Crippen molar-refractivity contribution < 1.29 is 14.3 Å². The van der Waals surface area contributed by atoms with Crippen molar-refractivity contribution in [3.63, 3.8) is 0 Å². The second-order valence-electron chi connectivity index (χ2n) is 7.60. The number of amides is 1.